The van der Waals surface area contributed by atoms with E-state index in [2.05, 4.69) is 57.4 Å². The summed E-state index contributed by atoms with van der Waals surface area (Å²) in [6, 6.07) is 13.1. The molecule has 1 aliphatic rings. The van der Waals surface area contributed by atoms with E-state index < -0.39 is 0 Å². The van der Waals surface area contributed by atoms with Crippen LogP contribution < -0.4 is 10.2 Å². The van der Waals surface area contributed by atoms with Gasteiger partial charge in [-0.15, -0.1) is 0 Å². The van der Waals surface area contributed by atoms with Crippen LogP contribution in [-0.2, 0) is 4.79 Å². The average molecular weight is 356 g/mol. The lowest BCUT2D eigenvalue weighted by molar-refractivity contribution is -0.913. The summed E-state index contributed by atoms with van der Waals surface area (Å²) in [5.74, 6) is 1.40. The van der Waals surface area contributed by atoms with E-state index in [1.807, 2.05) is 12.1 Å². The number of amides is 1. The van der Waals surface area contributed by atoms with Crippen molar-refractivity contribution in [2.24, 2.45) is 5.92 Å². The molecule has 1 aromatic carbocycles. The Hall–Kier alpha value is -2.07. The molecule has 2 aromatic rings. The van der Waals surface area contributed by atoms with Crippen molar-refractivity contribution in [3.8, 4) is 0 Å². The topological polar surface area (TPSA) is 46.7 Å². The van der Waals surface area contributed by atoms with Gasteiger partial charge in [-0.2, -0.15) is 0 Å². The lowest BCUT2D eigenvalue weighted by Crippen LogP contribution is -3.15. The number of aryl methyl sites for hydroxylation is 1. The van der Waals surface area contributed by atoms with Gasteiger partial charge in [0, 0.05) is 24.8 Å². The van der Waals surface area contributed by atoms with Crippen LogP contribution in [0.2, 0.25) is 0 Å². The van der Waals surface area contributed by atoms with Crippen LogP contribution in [0.5, 0.6) is 0 Å². The van der Waals surface area contributed by atoms with Gasteiger partial charge >= 0.3 is 0 Å². The van der Waals surface area contributed by atoms with Crippen LogP contribution in [0.25, 0.3) is 0 Å². The van der Waals surface area contributed by atoms with Crippen LogP contribution >= 0.6 is 0 Å². The summed E-state index contributed by atoms with van der Waals surface area (Å²) in [6.45, 7) is 7.68. The first kappa shape index (κ1) is 18.7. The van der Waals surface area contributed by atoms with Crippen molar-refractivity contribution in [3.63, 3.8) is 0 Å². The van der Waals surface area contributed by atoms with Crippen LogP contribution in [0.1, 0.15) is 49.5 Å². The highest BCUT2D eigenvalue weighted by molar-refractivity contribution is 5.77. The van der Waals surface area contributed by atoms with Crippen molar-refractivity contribution in [2.75, 3.05) is 13.6 Å². The number of rotatable bonds is 5. The number of furan rings is 1. The highest BCUT2D eigenvalue weighted by atomic mass is 16.3. The zero-order chi connectivity index (χ0) is 18.7. The fourth-order valence-corrected chi connectivity index (χ4v) is 3.99. The molecule has 1 unspecified atom stereocenters. The summed E-state index contributed by atoms with van der Waals surface area (Å²) >= 11 is 0. The van der Waals surface area contributed by atoms with Gasteiger partial charge in [0.15, 0.2) is 0 Å². The number of nitrogens with one attached hydrogen (secondary N) is 2. The van der Waals surface area contributed by atoms with E-state index >= 15 is 0 Å². The molecule has 5 atom stereocenters. The lowest BCUT2D eigenvalue weighted by Gasteiger charge is -2.37. The molecule has 0 aliphatic carbocycles. The Balaban J connectivity index is 1.71. The maximum absolute atomic E-state index is 12.8. The van der Waals surface area contributed by atoms with Crippen LogP contribution in [0.15, 0.2) is 47.1 Å². The van der Waals surface area contributed by atoms with Crippen molar-refractivity contribution in [1.29, 1.82) is 0 Å². The molecule has 1 aliphatic heterocycles. The normalized spacial score (nSPS) is 27.1. The SMILES string of the molecule is Cc1ccc([C@H](CC(=O)N[C@@H]2C[C@H](C)[NH+](C)C[C@@H]2C)c2ccco2)cc1. The quantitative estimate of drug-likeness (QED) is 0.866. The van der Waals surface area contributed by atoms with Crippen molar-refractivity contribution in [2.45, 2.75) is 51.6 Å². The van der Waals surface area contributed by atoms with Gasteiger partial charge in [0.1, 0.15) is 5.76 Å². The first-order valence-electron chi connectivity index (χ1n) is 9.65. The molecular weight excluding hydrogens is 324 g/mol. The second-order valence-electron chi connectivity index (χ2n) is 8.02. The zero-order valence-corrected chi connectivity index (χ0v) is 16.3. The smallest absolute Gasteiger partial charge is 0.221 e. The number of hydrogen-bond donors (Lipinski definition) is 2. The predicted octanol–water partition coefficient (Wildman–Crippen LogP) is 2.54. The summed E-state index contributed by atoms with van der Waals surface area (Å²) in [4.78, 5) is 14.4. The molecule has 4 heteroatoms. The molecule has 1 aromatic heterocycles. The van der Waals surface area contributed by atoms with Gasteiger partial charge in [-0.05, 0) is 31.5 Å². The van der Waals surface area contributed by atoms with Gasteiger partial charge in [-0.25, -0.2) is 0 Å². The van der Waals surface area contributed by atoms with E-state index in [9.17, 15) is 4.79 Å². The molecule has 140 valence electrons. The number of piperidine rings is 1. The molecule has 26 heavy (non-hydrogen) atoms. The molecule has 2 N–H and O–H groups in total. The summed E-state index contributed by atoms with van der Waals surface area (Å²) in [6.07, 6.45) is 3.13. The molecular formula is C22H31N2O2+. The van der Waals surface area contributed by atoms with Crippen LogP contribution in [-0.4, -0.2) is 31.6 Å². The van der Waals surface area contributed by atoms with E-state index in [1.54, 1.807) is 11.2 Å². The number of benzene rings is 1. The van der Waals surface area contributed by atoms with E-state index in [4.69, 9.17) is 4.42 Å². The van der Waals surface area contributed by atoms with Gasteiger partial charge in [0.25, 0.3) is 0 Å². The third-order valence-corrected chi connectivity index (χ3v) is 5.88. The number of hydrogen-bond acceptors (Lipinski definition) is 2. The monoisotopic (exact) mass is 355 g/mol. The number of carbonyl (C=O) groups excluding carboxylic acids is 1. The Labute approximate surface area is 156 Å². The van der Waals surface area contributed by atoms with Gasteiger partial charge < -0.3 is 14.6 Å². The van der Waals surface area contributed by atoms with Gasteiger partial charge in [-0.1, -0.05) is 36.8 Å². The molecule has 0 spiro atoms. The average Bonchev–Trinajstić information content (AvgIpc) is 3.13. The van der Waals surface area contributed by atoms with Crippen molar-refractivity contribution in [1.82, 2.24) is 5.32 Å². The summed E-state index contributed by atoms with van der Waals surface area (Å²) in [5, 5.41) is 3.30. The Morgan fingerprint density at radius 3 is 2.65 bits per heavy atom. The first-order chi connectivity index (χ1) is 12.4. The highest BCUT2D eigenvalue weighted by Gasteiger charge is 2.33. The van der Waals surface area contributed by atoms with E-state index in [-0.39, 0.29) is 17.9 Å². The van der Waals surface area contributed by atoms with E-state index in [1.165, 1.54) is 5.56 Å². The van der Waals surface area contributed by atoms with Crippen molar-refractivity contribution >= 4 is 5.91 Å². The number of carbonyl (C=O) groups is 1. The predicted molar refractivity (Wildman–Crippen MR) is 103 cm³/mol. The minimum Gasteiger partial charge on any atom is -0.469 e. The summed E-state index contributed by atoms with van der Waals surface area (Å²) in [7, 11) is 2.24. The summed E-state index contributed by atoms with van der Waals surface area (Å²) < 4.78 is 5.64. The van der Waals surface area contributed by atoms with Crippen molar-refractivity contribution in [3.05, 3.63) is 59.5 Å². The second kappa shape index (κ2) is 8.09. The fraction of sp³-hybridized carbons (Fsp3) is 0.500. The van der Waals surface area contributed by atoms with Gasteiger partial charge in [-0.3, -0.25) is 4.79 Å². The highest BCUT2D eigenvalue weighted by Crippen LogP contribution is 2.29. The van der Waals surface area contributed by atoms with Crippen molar-refractivity contribution < 1.29 is 14.1 Å². The largest absolute Gasteiger partial charge is 0.469 e. The maximum Gasteiger partial charge on any atom is 0.221 e. The molecule has 1 fully saturated rings. The molecule has 1 saturated heterocycles. The molecule has 1 amide bonds. The third-order valence-electron chi connectivity index (χ3n) is 5.88. The minimum atomic E-state index is -0.0461. The zero-order valence-electron chi connectivity index (χ0n) is 16.3. The molecule has 3 rings (SSSR count). The van der Waals surface area contributed by atoms with Gasteiger partial charge in [0.2, 0.25) is 5.91 Å². The third kappa shape index (κ3) is 4.36. The second-order valence-corrected chi connectivity index (χ2v) is 8.02. The van der Waals surface area contributed by atoms with E-state index in [0.29, 0.717) is 18.4 Å². The minimum absolute atomic E-state index is 0.0461. The Kier molecular flexibility index (Phi) is 5.82. The molecule has 2 heterocycles. The Bertz CT molecular complexity index is 708. The Morgan fingerprint density at radius 1 is 1.27 bits per heavy atom. The maximum atomic E-state index is 12.8. The first-order valence-corrected chi connectivity index (χ1v) is 9.65. The molecule has 4 nitrogen and oxygen atoms in total. The standard InChI is InChI=1S/C22H30N2O2/c1-15-7-9-18(10-8-15)19(21-6-5-11-26-21)13-22(25)23-20-12-17(3)24(4)14-16(20)2/h5-11,16-17,19-20H,12-14H2,1-4H3,(H,23,25)/p+1/t16-,17-,19-,20+/m0/s1. The van der Waals surface area contributed by atoms with Crippen LogP contribution in [0.3, 0.4) is 0 Å². The molecule has 0 radical (unpaired) electrons. The lowest BCUT2D eigenvalue weighted by atomic mass is 9.88. The van der Waals surface area contributed by atoms with Crippen LogP contribution in [0, 0.1) is 12.8 Å². The fourth-order valence-electron chi connectivity index (χ4n) is 3.99. The van der Waals surface area contributed by atoms with Gasteiger partial charge in [0.05, 0.1) is 31.8 Å². The number of likely N-dealkylation sites (tertiary alicyclic amines) is 1. The van der Waals surface area contributed by atoms with Crippen LogP contribution in [0.4, 0.5) is 0 Å². The Morgan fingerprint density at radius 2 is 2.00 bits per heavy atom. The number of quaternary nitrogens is 1. The molecule has 0 saturated carbocycles. The van der Waals surface area contributed by atoms with E-state index in [0.717, 1.165) is 24.3 Å². The summed E-state index contributed by atoms with van der Waals surface area (Å²) in [5.41, 5.74) is 2.34. The molecule has 0 bridgehead atoms.